The van der Waals surface area contributed by atoms with Crippen molar-refractivity contribution in [3.63, 3.8) is 0 Å². The van der Waals surface area contributed by atoms with Gasteiger partial charge in [-0.15, -0.1) is 5.10 Å². The summed E-state index contributed by atoms with van der Waals surface area (Å²) in [5.41, 5.74) is 0.942. The molecule has 29 heavy (non-hydrogen) atoms. The van der Waals surface area contributed by atoms with Gasteiger partial charge in [-0.1, -0.05) is 17.7 Å². The largest absolute Gasteiger partial charge is 0.451 e. The lowest BCUT2D eigenvalue weighted by atomic mass is 10.3. The van der Waals surface area contributed by atoms with Crippen molar-refractivity contribution in [2.24, 2.45) is 0 Å². The van der Waals surface area contributed by atoms with E-state index in [4.69, 9.17) is 16.3 Å². The second kappa shape index (κ2) is 10.0. The Morgan fingerprint density at radius 3 is 2.45 bits per heavy atom. The molecule has 0 spiro atoms. The fourth-order valence-corrected chi connectivity index (χ4v) is 2.74. The molecule has 1 heterocycles. The number of likely N-dealkylation sites (N-methyl/N-ethyl adjacent to an activating group) is 2. The number of hydrogen-bond donors (Lipinski definition) is 0. The van der Waals surface area contributed by atoms with Gasteiger partial charge in [-0.25, -0.2) is 4.79 Å². The molecular formula is C19H24ClN5O4. The Morgan fingerprint density at radius 1 is 1.14 bits per heavy atom. The van der Waals surface area contributed by atoms with Crippen molar-refractivity contribution in [2.45, 2.75) is 20.8 Å². The van der Waals surface area contributed by atoms with Crippen molar-refractivity contribution in [2.75, 3.05) is 33.3 Å². The molecule has 0 aliphatic heterocycles. The van der Waals surface area contributed by atoms with Crippen LogP contribution in [0.1, 0.15) is 30.0 Å². The first-order chi connectivity index (χ1) is 13.8. The van der Waals surface area contributed by atoms with Crippen LogP contribution in [0.3, 0.4) is 0 Å². The van der Waals surface area contributed by atoms with E-state index in [1.165, 1.54) is 16.7 Å². The Kier molecular flexibility index (Phi) is 7.72. The first-order valence-electron chi connectivity index (χ1n) is 9.15. The number of halogens is 1. The number of nitrogens with zero attached hydrogens (tertiary/aromatic N) is 5. The summed E-state index contributed by atoms with van der Waals surface area (Å²) in [5.74, 6) is -1.43. The average molecular weight is 422 g/mol. The zero-order valence-corrected chi connectivity index (χ0v) is 17.6. The number of aromatic nitrogens is 3. The van der Waals surface area contributed by atoms with Crippen molar-refractivity contribution < 1.29 is 19.1 Å². The minimum absolute atomic E-state index is 0.000328. The van der Waals surface area contributed by atoms with E-state index in [0.29, 0.717) is 29.5 Å². The average Bonchev–Trinajstić information content (AvgIpc) is 3.08. The van der Waals surface area contributed by atoms with Crippen LogP contribution < -0.4 is 0 Å². The van der Waals surface area contributed by atoms with Crippen LogP contribution in [0.25, 0.3) is 5.69 Å². The van der Waals surface area contributed by atoms with Gasteiger partial charge in [0.15, 0.2) is 12.3 Å². The first kappa shape index (κ1) is 22.4. The maximum Gasteiger partial charge on any atom is 0.361 e. The third kappa shape index (κ3) is 5.77. The lowest BCUT2D eigenvalue weighted by Crippen LogP contribution is -2.42. The fourth-order valence-electron chi connectivity index (χ4n) is 2.56. The van der Waals surface area contributed by atoms with Gasteiger partial charge in [0.05, 0.1) is 17.9 Å². The predicted octanol–water partition coefficient (Wildman–Crippen LogP) is 1.71. The standard InChI is InChI=1S/C19H24ClN5O4/c1-5-24(6-2)16(26)11-23(4)17(27)12-29-19(28)18-13(3)21-25(22-18)15-9-7-8-14(20)10-15/h7-10H,5-6,11-12H2,1-4H3. The predicted molar refractivity (Wildman–Crippen MR) is 107 cm³/mol. The van der Waals surface area contributed by atoms with Crippen LogP contribution in [0.4, 0.5) is 0 Å². The summed E-state index contributed by atoms with van der Waals surface area (Å²) in [6, 6.07) is 6.85. The quantitative estimate of drug-likeness (QED) is 0.602. The SMILES string of the molecule is CCN(CC)C(=O)CN(C)C(=O)COC(=O)c1nn(-c2cccc(Cl)c2)nc1C. The van der Waals surface area contributed by atoms with Gasteiger partial charge in [0.2, 0.25) is 5.91 Å². The molecule has 0 aliphatic rings. The molecule has 0 unspecified atom stereocenters. The Morgan fingerprint density at radius 2 is 1.83 bits per heavy atom. The molecular weight excluding hydrogens is 398 g/mol. The molecule has 0 saturated heterocycles. The van der Waals surface area contributed by atoms with Crippen molar-refractivity contribution >= 4 is 29.4 Å². The van der Waals surface area contributed by atoms with Gasteiger partial charge in [0.25, 0.3) is 5.91 Å². The van der Waals surface area contributed by atoms with E-state index < -0.39 is 18.5 Å². The van der Waals surface area contributed by atoms with Crippen LogP contribution in [0.2, 0.25) is 5.02 Å². The van der Waals surface area contributed by atoms with E-state index in [1.807, 2.05) is 13.8 Å². The first-order valence-corrected chi connectivity index (χ1v) is 9.53. The van der Waals surface area contributed by atoms with Crippen molar-refractivity contribution in [3.8, 4) is 5.69 Å². The lowest BCUT2D eigenvalue weighted by Gasteiger charge is -2.23. The Bertz CT molecular complexity index is 894. The highest BCUT2D eigenvalue weighted by molar-refractivity contribution is 6.30. The number of ether oxygens (including phenoxy) is 1. The molecule has 0 bridgehead atoms. The maximum absolute atomic E-state index is 12.3. The number of aryl methyl sites for hydroxylation is 1. The number of carbonyl (C=O) groups is 3. The Labute approximate surface area is 174 Å². The van der Waals surface area contributed by atoms with Gasteiger partial charge in [-0.3, -0.25) is 9.59 Å². The summed E-state index contributed by atoms with van der Waals surface area (Å²) in [7, 11) is 1.48. The van der Waals surface area contributed by atoms with Gasteiger partial charge in [0, 0.05) is 25.2 Å². The molecule has 156 valence electrons. The molecule has 2 rings (SSSR count). The highest BCUT2D eigenvalue weighted by Gasteiger charge is 2.21. The van der Waals surface area contributed by atoms with Crippen molar-refractivity contribution in [1.29, 1.82) is 0 Å². The number of carbonyl (C=O) groups excluding carboxylic acids is 3. The summed E-state index contributed by atoms with van der Waals surface area (Å²) in [5, 5.41) is 8.82. The molecule has 2 aromatic rings. The molecule has 1 aromatic heterocycles. The Hall–Kier alpha value is -2.94. The number of esters is 1. The smallest absolute Gasteiger partial charge is 0.361 e. The van der Waals surface area contributed by atoms with Crippen LogP contribution in [-0.2, 0) is 14.3 Å². The second-order valence-electron chi connectivity index (χ2n) is 6.30. The highest BCUT2D eigenvalue weighted by atomic mass is 35.5. The summed E-state index contributed by atoms with van der Waals surface area (Å²) in [4.78, 5) is 40.7. The minimum atomic E-state index is -0.771. The highest BCUT2D eigenvalue weighted by Crippen LogP contribution is 2.14. The molecule has 9 nitrogen and oxygen atoms in total. The molecule has 2 amide bonds. The normalized spacial score (nSPS) is 10.5. The summed E-state index contributed by atoms with van der Waals surface area (Å²) in [6.45, 7) is 5.89. The van der Waals surface area contributed by atoms with E-state index in [0.717, 1.165) is 0 Å². The topological polar surface area (TPSA) is 97.6 Å². The van der Waals surface area contributed by atoms with Gasteiger partial charge in [-0.2, -0.15) is 9.90 Å². The van der Waals surface area contributed by atoms with Crippen LogP contribution in [0.5, 0.6) is 0 Å². The number of amides is 2. The molecule has 10 heteroatoms. The van der Waals surface area contributed by atoms with Gasteiger partial charge >= 0.3 is 5.97 Å². The molecule has 1 aromatic carbocycles. The second-order valence-corrected chi connectivity index (χ2v) is 6.73. The fraction of sp³-hybridized carbons (Fsp3) is 0.421. The van der Waals surface area contributed by atoms with Crippen LogP contribution in [0.15, 0.2) is 24.3 Å². The van der Waals surface area contributed by atoms with E-state index in [1.54, 1.807) is 36.1 Å². The monoisotopic (exact) mass is 421 g/mol. The molecule has 0 saturated carbocycles. The van der Waals surface area contributed by atoms with Gasteiger partial charge < -0.3 is 14.5 Å². The number of rotatable bonds is 8. The molecule has 0 atom stereocenters. The lowest BCUT2D eigenvalue weighted by molar-refractivity contribution is -0.140. The zero-order chi connectivity index (χ0) is 21.6. The van der Waals surface area contributed by atoms with Crippen molar-refractivity contribution in [1.82, 2.24) is 24.8 Å². The summed E-state index contributed by atoms with van der Waals surface area (Å²) < 4.78 is 5.06. The van der Waals surface area contributed by atoms with E-state index >= 15 is 0 Å². The molecule has 0 N–H and O–H groups in total. The van der Waals surface area contributed by atoms with Gasteiger partial charge in [-0.05, 0) is 39.0 Å². The molecule has 0 fully saturated rings. The van der Waals surface area contributed by atoms with Crippen LogP contribution >= 0.6 is 11.6 Å². The van der Waals surface area contributed by atoms with Gasteiger partial charge in [0.1, 0.15) is 0 Å². The maximum atomic E-state index is 12.3. The molecule has 0 radical (unpaired) electrons. The minimum Gasteiger partial charge on any atom is -0.451 e. The summed E-state index contributed by atoms with van der Waals surface area (Å²) >= 11 is 5.96. The third-order valence-electron chi connectivity index (χ3n) is 4.26. The number of benzene rings is 1. The molecule has 0 aliphatic carbocycles. The van der Waals surface area contributed by atoms with E-state index in [9.17, 15) is 14.4 Å². The zero-order valence-electron chi connectivity index (χ0n) is 16.9. The van der Waals surface area contributed by atoms with Crippen molar-refractivity contribution in [3.05, 3.63) is 40.7 Å². The third-order valence-corrected chi connectivity index (χ3v) is 4.49. The van der Waals surface area contributed by atoms with E-state index in [2.05, 4.69) is 10.2 Å². The van der Waals surface area contributed by atoms with Crippen LogP contribution in [0, 0.1) is 6.92 Å². The Balaban J connectivity index is 1.97. The van der Waals surface area contributed by atoms with Crippen LogP contribution in [-0.4, -0.2) is 75.9 Å². The van der Waals surface area contributed by atoms with E-state index in [-0.39, 0.29) is 18.1 Å². The number of hydrogen-bond acceptors (Lipinski definition) is 6. The summed E-state index contributed by atoms with van der Waals surface area (Å²) in [6.07, 6.45) is 0.